The number of thiophene rings is 1. The van der Waals surface area contributed by atoms with Crippen molar-refractivity contribution in [2.24, 2.45) is 0 Å². The number of halogens is 1. The molecular formula is C25H23ClN2O2S. The molecule has 2 heterocycles. The molecule has 158 valence electrons. The van der Waals surface area contributed by atoms with E-state index in [-0.39, 0.29) is 17.8 Å². The normalized spacial score (nSPS) is 13.5. The van der Waals surface area contributed by atoms with Crippen LogP contribution in [0.3, 0.4) is 0 Å². The van der Waals surface area contributed by atoms with Gasteiger partial charge in [0, 0.05) is 9.90 Å². The number of fused-ring (bicyclic) bond motifs is 3. The van der Waals surface area contributed by atoms with Gasteiger partial charge >= 0.3 is 5.69 Å². The summed E-state index contributed by atoms with van der Waals surface area (Å²) in [6.07, 6.45) is 4.10. The lowest BCUT2D eigenvalue weighted by Gasteiger charge is -2.14. The minimum atomic E-state index is -0.280. The molecule has 0 fully saturated rings. The summed E-state index contributed by atoms with van der Waals surface area (Å²) in [4.78, 5) is 29.2. The molecule has 0 radical (unpaired) electrons. The SMILES string of the molecule is Cc1cccc(Cn2c(=O)n(Cc3ccccc3Cl)c(=O)c3c4c(sc32)CCCC4)c1. The van der Waals surface area contributed by atoms with Crippen molar-refractivity contribution in [1.82, 2.24) is 9.13 Å². The zero-order valence-electron chi connectivity index (χ0n) is 17.4. The molecule has 4 nitrogen and oxygen atoms in total. The van der Waals surface area contributed by atoms with E-state index in [0.717, 1.165) is 58.2 Å². The van der Waals surface area contributed by atoms with Crippen molar-refractivity contribution < 1.29 is 0 Å². The Morgan fingerprint density at radius 1 is 0.968 bits per heavy atom. The molecule has 0 N–H and O–H groups in total. The van der Waals surface area contributed by atoms with Crippen LogP contribution < -0.4 is 11.2 Å². The summed E-state index contributed by atoms with van der Waals surface area (Å²) in [5.74, 6) is 0. The van der Waals surface area contributed by atoms with E-state index in [1.807, 2.05) is 43.3 Å². The van der Waals surface area contributed by atoms with Crippen LogP contribution in [0.15, 0.2) is 58.1 Å². The number of aryl methyl sites for hydroxylation is 3. The van der Waals surface area contributed by atoms with Crippen LogP contribution in [0.2, 0.25) is 5.02 Å². The molecule has 0 aliphatic heterocycles. The van der Waals surface area contributed by atoms with E-state index in [4.69, 9.17) is 11.6 Å². The molecule has 0 spiro atoms. The fourth-order valence-electron chi connectivity index (χ4n) is 4.49. The van der Waals surface area contributed by atoms with E-state index in [1.54, 1.807) is 22.0 Å². The van der Waals surface area contributed by atoms with Crippen LogP contribution in [-0.2, 0) is 25.9 Å². The Balaban J connectivity index is 1.76. The van der Waals surface area contributed by atoms with Crippen LogP contribution in [0.5, 0.6) is 0 Å². The standard InChI is InChI=1S/C25H23ClN2O2S/c1-16-7-6-8-17(13-16)14-28-24-22(19-10-3-5-12-21(19)31-24)23(29)27(25(28)30)15-18-9-2-4-11-20(18)26/h2,4,6-9,11,13H,3,5,10,12,14-15H2,1H3. The summed E-state index contributed by atoms with van der Waals surface area (Å²) in [7, 11) is 0. The first kappa shape index (κ1) is 20.3. The molecule has 31 heavy (non-hydrogen) atoms. The fraction of sp³-hybridized carbons (Fsp3) is 0.280. The lowest BCUT2D eigenvalue weighted by Crippen LogP contribution is -2.40. The molecule has 1 aliphatic carbocycles. The molecule has 0 unspecified atom stereocenters. The Morgan fingerprint density at radius 2 is 1.77 bits per heavy atom. The summed E-state index contributed by atoms with van der Waals surface area (Å²) in [6, 6.07) is 15.6. The zero-order valence-corrected chi connectivity index (χ0v) is 18.9. The third kappa shape index (κ3) is 3.66. The molecule has 5 rings (SSSR count). The summed E-state index contributed by atoms with van der Waals surface area (Å²) < 4.78 is 3.15. The summed E-state index contributed by atoms with van der Waals surface area (Å²) in [5.41, 5.74) is 3.64. The van der Waals surface area contributed by atoms with Gasteiger partial charge in [-0.15, -0.1) is 11.3 Å². The molecule has 0 bridgehead atoms. The number of nitrogens with zero attached hydrogens (tertiary/aromatic N) is 2. The third-order valence-electron chi connectivity index (χ3n) is 6.03. The molecule has 2 aromatic carbocycles. The second kappa shape index (κ2) is 8.13. The van der Waals surface area contributed by atoms with Gasteiger partial charge in [-0.05, 0) is 55.4 Å². The van der Waals surface area contributed by atoms with E-state index >= 15 is 0 Å². The zero-order chi connectivity index (χ0) is 21.5. The first-order valence-corrected chi connectivity index (χ1v) is 11.8. The predicted octanol–water partition coefficient (Wildman–Crippen LogP) is 5.16. The van der Waals surface area contributed by atoms with Crippen LogP contribution in [0, 0.1) is 6.92 Å². The monoisotopic (exact) mass is 450 g/mol. The lowest BCUT2D eigenvalue weighted by atomic mass is 9.97. The highest BCUT2D eigenvalue weighted by molar-refractivity contribution is 7.18. The van der Waals surface area contributed by atoms with Crippen molar-refractivity contribution in [2.75, 3.05) is 0 Å². The molecule has 0 amide bonds. The summed E-state index contributed by atoms with van der Waals surface area (Å²) >= 11 is 7.98. The fourth-order valence-corrected chi connectivity index (χ4v) is 6.05. The second-order valence-corrected chi connectivity index (χ2v) is 9.72. The predicted molar refractivity (Wildman–Crippen MR) is 128 cm³/mol. The van der Waals surface area contributed by atoms with Crippen molar-refractivity contribution in [3.05, 3.63) is 102 Å². The van der Waals surface area contributed by atoms with Gasteiger partial charge in [0.25, 0.3) is 5.56 Å². The maximum absolute atomic E-state index is 13.6. The Kier molecular flexibility index (Phi) is 5.32. The van der Waals surface area contributed by atoms with Gasteiger partial charge in [0.1, 0.15) is 4.83 Å². The number of hydrogen-bond acceptors (Lipinski definition) is 3. The molecule has 0 saturated carbocycles. The summed E-state index contributed by atoms with van der Waals surface area (Å²) in [5, 5.41) is 1.28. The average Bonchev–Trinajstić information content (AvgIpc) is 3.15. The highest BCUT2D eigenvalue weighted by Crippen LogP contribution is 2.34. The van der Waals surface area contributed by atoms with Crippen LogP contribution >= 0.6 is 22.9 Å². The van der Waals surface area contributed by atoms with Crippen molar-refractivity contribution in [2.45, 2.75) is 45.7 Å². The maximum atomic E-state index is 13.6. The molecule has 0 atom stereocenters. The Morgan fingerprint density at radius 3 is 2.58 bits per heavy atom. The van der Waals surface area contributed by atoms with Crippen molar-refractivity contribution in [1.29, 1.82) is 0 Å². The van der Waals surface area contributed by atoms with Crippen molar-refractivity contribution in [3.63, 3.8) is 0 Å². The van der Waals surface area contributed by atoms with Gasteiger partial charge in [0.2, 0.25) is 0 Å². The number of rotatable bonds is 4. The van der Waals surface area contributed by atoms with E-state index in [0.29, 0.717) is 11.6 Å². The van der Waals surface area contributed by atoms with Gasteiger partial charge in [-0.25, -0.2) is 4.79 Å². The highest BCUT2D eigenvalue weighted by atomic mass is 35.5. The van der Waals surface area contributed by atoms with Gasteiger partial charge in [-0.1, -0.05) is 59.6 Å². The molecule has 4 aromatic rings. The largest absolute Gasteiger partial charge is 0.332 e. The number of aromatic nitrogens is 2. The lowest BCUT2D eigenvalue weighted by molar-refractivity contribution is 0.636. The molecule has 2 aromatic heterocycles. The van der Waals surface area contributed by atoms with Gasteiger partial charge in [-0.3, -0.25) is 13.9 Å². The van der Waals surface area contributed by atoms with Gasteiger partial charge < -0.3 is 0 Å². The molecule has 0 saturated heterocycles. The van der Waals surface area contributed by atoms with Crippen LogP contribution in [0.25, 0.3) is 10.2 Å². The van der Waals surface area contributed by atoms with Crippen LogP contribution in [-0.4, -0.2) is 9.13 Å². The first-order valence-electron chi connectivity index (χ1n) is 10.6. The minimum absolute atomic E-state index is 0.172. The smallest absolute Gasteiger partial charge is 0.280 e. The molecule has 6 heteroatoms. The topological polar surface area (TPSA) is 44.0 Å². The third-order valence-corrected chi connectivity index (χ3v) is 7.71. The van der Waals surface area contributed by atoms with Crippen LogP contribution in [0.1, 0.15) is 40.0 Å². The second-order valence-electron chi connectivity index (χ2n) is 8.23. The highest BCUT2D eigenvalue weighted by Gasteiger charge is 2.24. The molecule has 1 aliphatic rings. The van der Waals surface area contributed by atoms with Crippen molar-refractivity contribution in [3.8, 4) is 0 Å². The van der Waals surface area contributed by atoms with E-state index in [2.05, 4.69) is 6.07 Å². The van der Waals surface area contributed by atoms with Gasteiger partial charge in [0.05, 0.1) is 18.5 Å². The van der Waals surface area contributed by atoms with E-state index in [1.165, 1.54) is 9.44 Å². The first-order chi connectivity index (χ1) is 15.0. The number of hydrogen-bond donors (Lipinski definition) is 0. The quantitative estimate of drug-likeness (QED) is 0.431. The van der Waals surface area contributed by atoms with Gasteiger partial charge in [-0.2, -0.15) is 0 Å². The maximum Gasteiger partial charge on any atom is 0.332 e. The van der Waals surface area contributed by atoms with Crippen LogP contribution in [0.4, 0.5) is 0 Å². The van der Waals surface area contributed by atoms with E-state index < -0.39 is 0 Å². The summed E-state index contributed by atoms with van der Waals surface area (Å²) in [6.45, 7) is 2.66. The Labute approximate surface area is 189 Å². The minimum Gasteiger partial charge on any atom is -0.280 e. The Bertz CT molecular complexity index is 1410. The number of benzene rings is 2. The average molecular weight is 451 g/mol. The van der Waals surface area contributed by atoms with Crippen molar-refractivity contribution >= 4 is 33.2 Å². The van der Waals surface area contributed by atoms with E-state index in [9.17, 15) is 9.59 Å². The Hall–Kier alpha value is -2.63. The molecular weight excluding hydrogens is 428 g/mol. The van der Waals surface area contributed by atoms with Gasteiger partial charge in [0.15, 0.2) is 0 Å².